The Morgan fingerprint density at radius 3 is 2.33 bits per heavy atom. The highest BCUT2D eigenvalue weighted by Crippen LogP contribution is 2.32. The Balaban J connectivity index is 1.66. The van der Waals surface area contributed by atoms with E-state index in [0.29, 0.717) is 0 Å². The fourth-order valence-electron chi connectivity index (χ4n) is 1.85. The van der Waals surface area contributed by atoms with Crippen molar-refractivity contribution >= 4 is 34.7 Å². The molecule has 0 fully saturated rings. The first-order chi connectivity index (χ1) is 10.3. The smallest absolute Gasteiger partial charge is 0.139 e. The van der Waals surface area contributed by atoms with Gasteiger partial charge in [-0.05, 0) is 17.7 Å². The summed E-state index contributed by atoms with van der Waals surface area (Å²) in [4.78, 5) is 1.24. The van der Waals surface area contributed by atoms with Crippen molar-refractivity contribution in [3.63, 3.8) is 0 Å². The van der Waals surface area contributed by atoms with Crippen molar-refractivity contribution in [2.75, 3.05) is 0 Å². The minimum Gasteiger partial charge on any atom is -0.143 e. The molecule has 3 aromatic rings. The van der Waals surface area contributed by atoms with Crippen molar-refractivity contribution in [3.8, 4) is 0 Å². The Morgan fingerprint density at radius 2 is 1.62 bits per heavy atom. The number of benzene rings is 2. The molecule has 1 atom stereocenters. The average Bonchev–Trinajstić information content (AvgIpc) is 3.03. The highest BCUT2D eigenvalue weighted by molar-refractivity contribution is 7.98. The molecule has 0 saturated heterocycles. The molecular weight excluding hydrogens is 320 g/mol. The number of thioether (sulfide) groups is 1. The van der Waals surface area contributed by atoms with Gasteiger partial charge in [-0.3, -0.25) is 0 Å². The number of aromatic nitrogens is 2. The zero-order valence-corrected chi connectivity index (χ0v) is 13.5. The van der Waals surface area contributed by atoms with E-state index < -0.39 is 0 Å². The van der Waals surface area contributed by atoms with Gasteiger partial charge < -0.3 is 0 Å². The van der Waals surface area contributed by atoms with Gasteiger partial charge in [0, 0.05) is 4.90 Å². The van der Waals surface area contributed by atoms with Crippen LogP contribution in [-0.2, 0) is 5.75 Å². The minimum absolute atomic E-state index is 0.223. The summed E-state index contributed by atoms with van der Waals surface area (Å²) in [6, 6.07) is 20.3. The molecule has 2 aromatic carbocycles. The van der Waals surface area contributed by atoms with Crippen molar-refractivity contribution in [3.05, 3.63) is 76.2 Å². The topological polar surface area (TPSA) is 25.8 Å². The summed E-state index contributed by atoms with van der Waals surface area (Å²) in [5.41, 5.74) is 1.05. The van der Waals surface area contributed by atoms with Gasteiger partial charge in [0.1, 0.15) is 15.4 Å². The summed E-state index contributed by atoms with van der Waals surface area (Å²) in [6.45, 7) is 0. The summed E-state index contributed by atoms with van der Waals surface area (Å²) in [6.07, 6.45) is 0. The lowest BCUT2D eigenvalue weighted by molar-refractivity contribution is 0.963. The highest BCUT2D eigenvalue weighted by atomic mass is 35.5. The third-order valence-electron chi connectivity index (χ3n) is 2.90. The molecule has 0 saturated carbocycles. The summed E-state index contributed by atoms with van der Waals surface area (Å²) in [5, 5.41) is 10.1. The van der Waals surface area contributed by atoms with E-state index in [-0.39, 0.29) is 5.38 Å². The van der Waals surface area contributed by atoms with E-state index >= 15 is 0 Å². The van der Waals surface area contributed by atoms with Crippen LogP contribution in [0, 0.1) is 0 Å². The second-order valence-corrected chi connectivity index (χ2v) is 6.99. The SMILES string of the molecule is ClC(c1ccccc1)c1nnc(CSc2ccccc2)s1. The molecule has 1 heterocycles. The van der Waals surface area contributed by atoms with Gasteiger partial charge in [-0.2, -0.15) is 0 Å². The van der Waals surface area contributed by atoms with Crippen LogP contribution in [0.25, 0.3) is 0 Å². The maximum absolute atomic E-state index is 6.46. The van der Waals surface area contributed by atoms with Crippen LogP contribution in [0.1, 0.15) is 21.0 Å². The predicted octanol–water partition coefficient (Wildman–Crippen LogP) is 5.16. The Morgan fingerprint density at radius 1 is 0.952 bits per heavy atom. The first-order valence-corrected chi connectivity index (χ1v) is 8.76. The normalized spacial score (nSPS) is 12.2. The molecule has 1 aromatic heterocycles. The fourth-order valence-corrected chi connectivity index (χ4v) is 3.93. The van der Waals surface area contributed by atoms with E-state index in [1.807, 2.05) is 48.5 Å². The number of halogens is 1. The van der Waals surface area contributed by atoms with E-state index in [9.17, 15) is 0 Å². The molecule has 0 aliphatic heterocycles. The van der Waals surface area contributed by atoms with Gasteiger partial charge in [-0.25, -0.2) is 0 Å². The number of rotatable bonds is 5. The molecule has 5 heteroatoms. The Kier molecular flexibility index (Phi) is 4.91. The lowest BCUT2D eigenvalue weighted by atomic mass is 10.1. The summed E-state index contributed by atoms with van der Waals surface area (Å²) >= 11 is 9.80. The van der Waals surface area contributed by atoms with Crippen LogP contribution in [0.3, 0.4) is 0 Å². The number of hydrogen-bond acceptors (Lipinski definition) is 4. The molecule has 21 heavy (non-hydrogen) atoms. The molecule has 0 aliphatic carbocycles. The summed E-state index contributed by atoms with van der Waals surface area (Å²) < 4.78 is 0. The van der Waals surface area contributed by atoms with E-state index in [0.717, 1.165) is 21.3 Å². The van der Waals surface area contributed by atoms with Crippen molar-refractivity contribution < 1.29 is 0 Å². The number of alkyl halides is 1. The van der Waals surface area contributed by atoms with Crippen LogP contribution in [0.2, 0.25) is 0 Å². The van der Waals surface area contributed by atoms with Gasteiger partial charge in [0.25, 0.3) is 0 Å². The Hall–Kier alpha value is -1.36. The molecule has 0 bridgehead atoms. The second kappa shape index (κ2) is 7.07. The van der Waals surface area contributed by atoms with E-state index in [2.05, 4.69) is 22.3 Å². The van der Waals surface area contributed by atoms with Gasteiger partial charge in [-0.1, -0.05) is 59.9 Å². The molecule has 0 spiro atoms. The van der Waals surface area contributed by atoms with Crippen LogP contribution >= 0.6 is 34.7 Å². The van der Waals surface area contributed by atoms with Crippen LogP contribution in [0.4, 0.5) is 0 Å². The predicted molar refractivity (Wildman–Crippen MR) is 90.1 cm³/mol. The molecule has 0 aliphatic rings. The zero-order chi connectivity index (χ0) is 14.5. The summed E-state index contributed by atoms with van der Waals surface area (Å²) in [7, 11) is 0. The first-order valence-electron chi connectivity index (χ1n) is 6.52. The maximum Gasteiger partial charge on any atom is 0.139 e. The third-order valence-corrected chi connectivity index (χ3v) is 5.68. The van der Waals surface area contributed by atoms with Crippen molar-refractivity contribution in [2.24, 2.45) is 0 Å². The van der Waals surface area contributed by atoms with Crippen molar-refractivity contribution in [2.45, 2.75) is 16.0 Å². The largest absolute Gasteiger partial charge is 0.143 e. The van der Waals surface area contributed by atoms with Crippen LogP contribution in [0.15, 0.2) is 65.6 Å². The molecule has 2 nitrogen and oxygen atoms in total. The standard InChI is InChI=1S/C16H13ClN2S2/c17-15(12-7-3-1-4-8-12)16-19-18-14(21-16)11-20-13-9-5-2-6-10-13/h1-10,15H,11H2. The molecule has 0 amide bonds. The monoisotopic (exact) mass is 332 g/mol. The van der Waals surface area contributed by atoms with E-state index in [4.69, 9.17) is 11.6 Å². The van der Waals surface area contributed by atoms with Crippen LogP contribution in [-0.4, -0.2) is 10.2 Å². The Bertz CT molecular complexity index is 686. The van der Waals surface area contributed by atoms with Crippen molar-refractivity contribution in [1.29, 1.82) is 0 Å². The highest BCUT2D eigenvalue weighted by Gasteiger charge is 2.16. The molecule has 1 unspecified atom stereocenters. The van der Waals surface area contributed by atoms with E-state index in [1.54, 1.807) is 23.1 Å². The zero-order valence-electron chi connectivity index (χ0n) is 11.1. The average molecular weight is 333 g/mol. The molecule has 3 rings (SSSR count). The first kappa shape index (κ1) is 14.6. The maximum atomic E-state index is 6.46. The minimum atomic E-state index is -0.223. The van der Waals surface area contributed by atoms with Crippen LogP contribution in [0.5, 0.6) is 0 Å². The van der Waals surface area contributed by atoms with Crippen molar-refractivity contribution in [1.82, 2.24) is 10.2 Å². The lowest BCUT2D eigenvalue weighted by Gasteiger charge is -2.04. The van der Waals surface area contributed by atoms with Gasteiger partial charge >= 0.3 is 0 Å². The van der Waals surface area contributed by atoms with Gasteiger partial charge in [0.15, 0.2) is 0 Å². The quantitative estimate of drug-likeness (QED) is 0.477. The summed E-state index contributed by atoms with van der Waals surface area (Å²) in [5.74, 6) is 0.820. The number of nitrogens with zero attached hydrogens (tertiary/aromatic N) is 2. The van der Waals surface area contributed by atoms with Gasteiger partial charge in [-0.15, -0.1) is 33.6 Å². The van der Waals surface area contributed by atoms with Gasteiger partial charge in [0.05, 0.1) is 5.75 Å². The van der Waals surface area contributed by atoms with Gasteiger partial charge in [0.2, 0.25) is 0 Å². The Labute approximate surface area is 137 Å². The molecular formula is C16H13ClN2S2. The van der Waals surface area contributed by atoms with E-state index in [1.165, 1.54) is 4.90 Å². The lowest BCUT2D eigenvalue weighted by Crippen LogP contribution is -1.91. The third kappa shape index (κ3) is 3.84. The molecule has 106 valence electrons. The molecule has 0 radical (unpaired) electrons. The van der Waals surface area contributed by atoms with Crippen LogP contribution < -0.4 is 0 Å². The second-order valence-electron chi connectivity index (χ2n) is 4.41. The number of hydrogen-bond donors (Lipinski definition) is 0. The fraction of sp³-hybridized carbons (Fsp3) is 0.125. The molecule has 0 N–H and O–H groups in total.